The molecule has 1 saturated carbocycles. The Morgan fingerprint density at radius 1 is 1.17 bits per heavy atom. The zero-order valence-corrected chi connectivity index (χ0v) is 13.7. The maximum atomic E-state index is 13.0. The second-order valence-electron chi connectivity index (χ2n) is 6.78. The molecule has 1 aliphatic carbocycles. The Morgan fingerprint density at radius 3 is 2.57 bits per heavy atom. The van der Waals surface area contributed by atoms with Gasteiger partial charge < -0.3 is 19.5 Å². The van der Waals surface area contributed by atoms with Crippen LogP contribution in [0.25, 0.3) is 0 Å². The molecule has 2 fully saturated rings. The van der Waals surface area contributed by atoms with Gasteiger partial charge in [0.05, 0.1) is 6.10 Å². The van der Waals surface area contributed by atoms with Crippen molar-refractivity contribution in [2.45, 2.75) is 31.5 Å². The van der Waals surface area contributed by atoms with Crippen molar-refractivity contribution in [3.05, 3.63) is 30.1 Å². The van der Waals surface area contributed by atoms with Gasteiger partial charge in [-0.05, 0) is 55.4 Å². The maximum absolute atomic E-state index is 13.0. The minimum absolute atomic E-state index is 0.194. The van der Waals surface area contributed by atoms with Gasteiger partial charge >= 0.3 is 0 Å². The number of aliphatic hydroxyl groups excluding tert-OH is 1. The molecule has 0 unspecified atom stereocenters. The van der Waals surface area contributed by atoms with E-state index in [1.165, 1.54) is 12.1 Å². The third-order valence-electron chi connectivity index (χ3n) is 5.08. The van der Waals surface area contributed by atoms with E-state index in [2.05, 4.69) is 4.90 Å². The smallest absolute Gasteiger partial charge is 0.125 e. The fraction of sp³-hybridized carbons (Fsp3) is 0.667. The first kappa shape index (κ1) is 16.7. The largest absolute Gasteiger partial charge is 0.488 e. The fourth-order valence-corrected chi connectivity index (χ4v) is 3.92. The summed E-state index contributed by atoms with van der Waals surface area (Å²) in [7, 11) is 1.73. The van der Waals surface area contributed by atoms with Gasteiger partial charge in [-0.1, -0.05) is 0 Å². The fourth-order valence-electron chi connectivity index (χ4n) is 3.92. The van der Waals surface area contributed by atoms with Crippen LogP contribution in [0.1, 0.15) is 19.3 Å². The number of likely N-dealkylation sites (tertiary alicyclic amines) is 1. The van der Waals surface area contributed by atoms with Crippen molar-refractivity contribution >= 4 is 0 Å². The lowest BCUT2D eigenvalue weighted by molar-refractivity contribution is -0.0231. The van der Waals surface area contributed by atoms with Crippen LogP contribution in [0.15, 0.2) is 24.3 Å². The monoisotopic (exact) mass is 323 g/mol. The van der Waals surface area contributed by atoms with Crippen LogP contribution >= 0.6 is 0 Å². The number of nitrogens with zero attached hydrogens (tertiary/aromatic N) is 1. The Labute approximate surface area is 137 Å². The molecule has 0 spiro atoms. The van der Waals surface area contributed by atoms with Crippen LogP contribution in [0.5, 0.6) is 5.75 Å². The lowest BCUT2D eigenvalue weighted by Crippen LogP contribution is -2.42. The molecule has 1 heterocycles. The van der Waals surface area contributed by atoms with Crippen molar-refractivity contribution < 1.29 is 19.0 Å². The van der Waals surface area contributed by atoms with E-state index in [0.717, 1.165) is 45.5 Å². The Hall–Kier alpha value is -1.17. The zero-order chi connectivity index (χ0) is 16.2. The van der Waals surface area contributed by atoms with Crippen molar-refractivity contribution in [1.82, 2.24) is 4.90 Å². The van der Waals surface area contributed by atoms with E-state index in [0.29, 0.717) is 17.6 Å². The number of methoxy groups -OCH3 is 1. The first-order valence-electron chi connectivity index (χ1n) is 8.47. The second-order valence-corrected chi connectivity index (χ2v) is 6.78. The summed E-state index contributed by atoms with van der Waals surface area (Å²) in [6, 6.07) is 6.03. The number of hydrogen-bond donors (Lipinski definition) is 1. The Kier molecular flexibility index (Phi) is 5.51. The summed E-state index contributed by atoms with van der Waals surface area (Å²) in [6.07, 6.45) is 2.07. The molecule has 1 saturated heterocycles. The highest BCUT2D eigenvalue weighted by atomic mass is 19.1. The van der Waals surface area contributed by atoms with Crippen molar-refractivity contribution in [2.75, 3.05) is 33.4 Å². The van der Waals surface area contributed by atoms with Gasteiger partial charge in [0.15, 0.2) is 0 Å². The SMILES string of the molecule is COCCCN1C[C@H]2C[C@@H](Oc3ccc(F)cc3)[C@H](O)C[C@H]2C1. The van der Waals surface area contributed by atoms with E-state index in [1.807, 2.05) is 0 Å². The van der Waals surface area contributed by atoms with Crippen LogP contribution in [-0.4, -0.2) is 55.6 Å². The predicted octanol–water partition coefficient (Wildman–Crippen LogP) is 2.31. The molecule has 5 heteroatoms. The molecule has 0 bridgehead atoms. The second kappa shape index (κ2) is 7.60. The van der Waals surface area contributed by atoms with Gasteiger partial charge in [0, 0.05) is 33.4 Å². The van der Waals surface area contributed by atoms with E-state index in [-0.39, 0.29) is 11.9 Å². The molecule has 0 aromatic heterocycles. The maximum Gasteiger partial charge on any atom is 0.125 e. The standard InChI is InChI=1S/C18H26FNO3/c1-22-8-2-7-20-11-13-9-17(21)18(10-14(13)12-20)23-16-5-3-15(19)4-6-16/h3-6,13-14,17-18,21H,2,7-12H2,1H3/t13-,14+,17+,18+/m0/s1. The summed E-state index contributed by atoms with van der Waals surface area (Å²) in [6.45, 7) is 3.99. The van der Waals surface area contributed by atoms with Crippen molar-refractivity contribution in [3.8, 4) is 5.75 Å². The summed E-state index contributed by atoms with van der Waals surface area (Å²) in [5, 5.41) is 10.4. The minimum atomic E-state index is -0.444. The number of rotatable bonds is 6. The van der Waals surface area contributed by atoms with Crippen LogP contribution in [0.2, 0.25) is 0 Å². The summed E-state index contributed by atoms with van der Waals surface area (Å²) in [5.74, 6) is 1.49. The first-order valence-corrected chi connectivity index (χ1v) is 8.47. The molecule has 23 heavy (non-hydrogen) atoms. The van der Waals surface area contributed by atoms with Crippen LogP contribution in [0, 0.1) is 17.7 Å². The molecule has 1 aromatic rings. The highest BCUT2D eigenvalue weighted by molar-refractivity contribution is 5.22. The van der Waals surface area contributed by atoms with Crippen LogP contribution in [0.3, 0.4) is 0 Å². The highest BCUT2D eigenvalue weighted by Crippen LogP contribution is 2.38. The normalized spacial score (nSPS) is 31.1. The minimum Gasteiger partial charge on any atom is -0.488 e. The molecule has 3 rings (SSSR count). The van der Waals surface area contributed by atoms with E-state index in [1.54, 1.807) is 19.2 Å². The lowest BCUT2D eigenvalue weighted by Gasteiger charge is -2.35. The van der Waals surface area contributed by atoms with Crippen molar-refractivity contribution in [3.63, 3.8) is 0 Å². The van der Waals surface area contributed by atoms with E-state index in [4.69, 9.17) is 9.47 Å². The van der Waals surface area contributed by atoms with Crippen LogP contribution in [-0.2, 0) is 4.74 Å². The lowest BCUT2D eigenvalue weighted by atomic mass is 9.78. The van der Waals surface area contributed by atoms with Crippen LogP contribution < -0.4 is 4.74 Å². The number of fused-ring (bicyclic) bond motifs is 1. The van der Waals surface area contributed by atoms with Gasteiger partial charge in [0.1, 0.15) is 17.7 Å². The molecule has 0 radical (unpaired) electrons. The Balaban J connectivity index is 1.54. The number of halogens is 1. The van der Waals surface area contributed by atoms with Gasteiger partial charge in [0.25, 0.3) is 0 Å². The predicted molar refractivity (Wildman–Crippen MR) is 86.0 cm³/mol. The van der Waals surface area contributed by atoms with Gasteiger partial charge in [-0.3, -0.25) is 0 Å². The molecule has 1 aromatic carbocycles. The van der Waals surface area contributed by atoms with Crippen LogP contribution in [0.4, 0.5) is 4.39 Å². The summed E-state index contributed by atoms with van der Waals surface area (Å²) in [4.78, 5) is 2.47. The highest BCUT2D eigenvalue weighted by Gasteiger charge is 2.42. The van der Waals surface area contributed by atoms with Gasteiger partial charge in [-0.15, -0.1) is 0 Å². The Bertz CT molecular complexity index is 496. The molecular formula is C18H26FNO3. The molecule has 1 N–H and O–H groups in total. The third-order valence-corrected chi connectivity index (χ3v) is 5.08. The molecule has 128 valence electrons. The number of benzene rings is 1. The van der Waals surface area contributed by atoms with Crippen molar-refractivity contribution in [1.29, 1.82) is 0 Å². The average molecular weight is 323 g/mol. The summed E-state index contributed by atoms with van der Waals surface area (Å²) >= 11 is 0. The van der Waals surface area contributed by atoms with E-state index < -0.39 is 6.10 Å². The van der Waals surface area contributed by atoms with E-state index in [9.17, 15) is 9.50 Å². The molecular weight excluding hydrogens is 297 g/mol. The number of ether oxygens (including phenoxy) is 2. The molecule has 2 aliphatic rings. The summed E-state index contributed by atoms with van der Waals surface area (Å²) in [5.41, 5.74) is 0. The molecule has 0 amide bonds. The molecule has 4 nitrogen and oxygen atoms in total. The van der Waals surface area contributed by atoms with Gasteiger partial charge in [0.2, 0.25) is 0 Å². The molecule has 4 atom stereocenters. The number of aliphatic hydroxyl groups is 1. The van der Waals surface area contributed by atoms with Gasteiger partial charge in [-0.25, -0.2) is 4.39 Å². The first-order chi connectivity index (χ1) is 11.2. The van der Waals surface area contributed by atoms with E-state index >= 15 is 0 Å². The van der Waals surface area contributed by atoms with Crippen molar-refractivity contribution in [2.24, 2.45) is 11.8 Å². The Morgan fingerprint density at radius 2 is 1.87 bits per heavy atom. The zero-order valence-electron chi connectivity index (χ0n) is 13.7. The third kappa shape index (κ3) is 4.22. The quantitative estimate of drug-likeness (QED) is 0.816. The summed E-state index contributed by atoms with van der Waals surface area (Å²) < 4.78 is 24.0. The average Bonchev–Trinajstić information content (AvgIpc) is 2.91. The topological polar surface area (TPSA) is 41.9 Å². The van der Waals surface area contributed by atoms with Gasteiger partial charge in [-0.2, -0.15) is 0 Å². The number of hydrogen-bond acceptors (Lipinski definition) is 4. The molecule has 1 aliphatic heterocycles.